The molecule has 0 saturated heterocycles. The summed E-state index contributed by atoms with van der Waals surface area (Å²) in [5, 5.41) is 0. The van der Waals surface area contributed by atoms with Crippen LogP contribution in [0.5, 0.6) is 0 Å². The first-order valence-electron chi connectivity index (χ1n) is 7.70. The molecule has 0 aliphatic heterocycles. The zero-order valence-electron chi connectivity index (χ0n) is 11.7. The van der Waals surface area contributed by atoms with Crippen molar-refractivity contribution in [3.63, 3.8) is 0 Å². The summed E-state index contributed by atoms with van der Waals surface area (Å²) in [6.45, 7) is 5.94. The lowest BCUT2D eigenvalue weighted by molar-refractivity contribution is 0.145. The molecular weight excluding hydrogens is 208 g/mol. The van der Waals surface area contributed by atoms with Crippen LogP contribution < -0.4 is 5.73 Å². The normalized spacial score (nSPS) is 30.9. The molecule has 2 aliphatic carbocycles. The van der Waals surface area contributed by atoms with Gasteiger partial charge in [-0.2, -0.15) is 0 Å². The van der Waals surface area contributed by atoms with Crippen LogP contribution in [-0.4, -0.2) is 29.6 Å². The molecule has 2 heteroatoms. The fourth-order valence-electron chi connectivity index (χ4n) is 3.16. The molecule has 2 nitrogen and oxygen atoms in total. The zero-order valence-corrected chi connectivity index (χ0v) is 11.7. The van der Waals surface area contributed by atoms with E-state index in [2.05, 4.69) is 18.7 Å². The van der Waals surface area contributed by atoms with Gasteiger partial charge in [-0.15, -0.1) is 0 Å². The van der Waals surface area contributed by atoms with Gasteiger partial charge in [-0.3, -0.25) is 4.90 Å². The lowest BCUT2D eigenvalue weighted by Gasteiger charge is -2.35. The molecular formula is C15H30N2. The molecule has 0 aromatic heterocycles. The number of nitrogens with zero attached hydrogens (tertiary/aromatic N) is 1. The third-order valence-electron chi connectivity index (χ3n) is 4.44. The van der Waals surface area contributed by atoms with Gasteiger partial charge in [-0.1, -0.05) is 33.1 Å². The maximum atomic E-state index is 6.41. The Labute approximate surface area is 107 Å². The predicted octanol–water partition coefficient (Wildman–Crippen LogP) is 3.16. The molecule has 0 aromatic carbocycles. The summed E-state index contributed by atoms with van der Waals surface area (Å²) in [6, 6.07) is 2.00. The van der Waals surface area contributed by atoms with Gasteiger partial charge < -0.3 is 5.73 Å². The molecule has 2 rings (SSSR count). The molecule has 0 radical (unpaired) electrons. The molecule has 0 bridgehead atoms. The van der Waals surface area contributed by atoms with Crippen molar-refractivity contribution in [2.75, 3.05) is 6.54 Å². The Kier molecular flexibility index (Phi) is 4.87. The van der Waals surface area contributed by atoms with E-state index in [1.54, 1.807) is 0 Å². The summed E-state index contributed by atoms with van der Waals surface area (Å²) in [6.07, 6.45) is 10.9. The fourth-order valence-corrected chi connectivity index (χ4v) is 3.16. The standard InChI is InChI=1S/C15H30N2/c1-12(2)10-11-17(13-8-9-13)15-7-5-3-4-6-14(15)16/h12-15H,3-11,16H2,1-2H3. The minimum Gasteiger partial charge on any atom is -0.326 e. The van der Waals surface area contributed by atoms with Crippen LogP contribution in [0.4, 0.5) is 0 Å². The molecule has 17 heavy (non-hydrogen) atoms. The summed E-state index contributed by atoms with van der Waals surface area (Å²) < 4.78 is 0. The minimum atomic E-state index is 0.435. The van der Waals surface area contributed by atoms with Gasteiger partial charge in [-0.25, -0.2) is 0 Å². The molecule has 0 aromatic rings. The predicted molar refractivity (Wildman–Crippen MR) is 74.0 cm³/mol. The third kappa shape index (κ3) is 3.96. The monoisotopic (exact) mass is 238 g/mol. The molecule has 2 atom stereocenters. The zero-order chi connectivity index (χ0) is 12.3. The topological polar surface area (TPSA) is 29.3 Å². The van der Waals surface area contributed by atoms with Crippen LogP contribution >= 0.6 is 0 Å². The van der Waals surface area contributed by atoms with Crippen LogP contribution in [0.25, 0.3) is 0 Å². The second-order valence-corrected chi connectivity index (χ2v) is 6.52. The van der Waals surface area contributed by atoms with E-state index in [1.807, 2.05) is 0 Å². The van der Waals surface area contributed by atoms with E-state index >= 15 is 0 Å². The Hall–Kier alpha value is -0.0800. The average Bonchev–Trinajstić information content (AvgIpc) is 3.08. The smallest absolute Gasteiger partial charge is 0.0250 e. The molecule has 0 amide bonds. The number of hydrogen-bond acceptors (Lipinski definition) is 2. The van der Waals surface area contributed by atoms with Gasteiger partial charge in [0.1, 0.15) is 0 Å². The van der Waals surface area contributed by atoms with Crippen molar-refractivity contribution in [2.45, 2.75) is 83.3 Å². The van der Waals surface area contributed by atoms with E-state index in [4.69, 9.17) is 5.73 Å². The number of nitrogens with two attached hydrogens (primary N) is 1. The molecule has 0 spiro atoms. The highest BCUT2D eigenvalue weighted by Crippen LogP contribution is 2.33. The fraction of sp³-hybridized carbons (Fsp3) is 1.00. The van der Waals surface area contributed by atoms with Crippen LogP contribution in [0.3, 0.4) is 0 Å². The van der Waals surface area contributed by atoms with Crippen LogP contribution in [0.2, 0.25) is 0 Å². The Morgan fingerprint density at radius 1 is 1.06 bits per heavy atom. The van der Waals surface area contributed by atoms with E-state index in [-0.39, 0.29) is 0 Å². The minimum absolute atomic E-state index is 0.435. The van der Waals surface area contributed by atoms with E-state index in [0.717, 1.165) is 12.0 Å². The first kappa shape index (κ1) is 13.4. The highest BCUT2D eigenvalue weighted by molar-refractivity contribution is 4.93. The average molecular weight is 238 g/mol. The van der Waals surface area contributed by atoms with Gasteiger partial charge in [0.2, 0.25) is 0 Å². The summed E-state index contributed by atoms with van der Waals surface area (Å²) in [7, 11) is 0. The highest BCUT2D eigenvalue weighted by atomic mass is 15.2. The van der Waals surface area contributed by atoms with Gasteiger partial charge in [0.05, 0.1) is 0 Å². The van der Waals surface area contributed by atoms with Gasteiger partial charge in [0.25, 0.3) is 0 Å². The first-order valence-corrected chi connectivity index (χ1v) is 7.70. The van der Waals surface area contributed by atoms with Crippen molar-refractivity contribution in [2.24, 2.45) is 11.7 Å². The molecule has 2 unspecified atom stereocenters. The molecule has 2 aliphatic rings. The summed E-state index contributed by atoms with van der Waals surface area (Å²) >= 11 is 0. The van der Waals surface area contributed by atoms with Crippen LogP contribution in [0.1, 0.15) is 65.2 Å². The SMILES string of the molecule is CC(C)CCN(C1CC1)C1CCCCCC1N. The largest absolute Gasteiger partial charge is 0.326 e. The van der Waals surface area contributed by atoms with Crippen LogP contribution in [-0.2, 0) is 0 Å². The third-order valence-corrected chi connectivity index (χ3v) is 4.44. The summed E-state index contributed by atoms with van der Waals surface area (Å²) in [4.78, 5) is 2.77. The van der Waals surface area contributed by atoms with Crippen molar-refractivity contribution in [3.05, 3.63) is 0 Å². The van der Waals surface area contributed by atoms with Crippen molar-refractivity contribution in [1.29, 1.82) is 0 Å². The van der Waals surface area contributed by atoms with Crippen molar-refractivity contribution < 1.29 is 0 Å². The van der Waals surface area contributed by atoms with E-state index in [9.17, 15) is 0 Å². The van der Waals surface area contributed by atoms with Gasteiger partial charge in [-0.05, 0) is 44.6 Å². The van der Waals surface area contributed by atoms with E-state index in [1.165, 1.54) is 57.9 Å². The molecule has 2 fully saturated rings. The van der Waals surface area contributed by atoms with Crippen LogP contribution in [0.15, 0.2) is 0 Å². The second-order valence-electron chi connectivity index (χ2n) is 6.52. The Balaban J connectivity index is 1.92. The maximum Gasteiger partial charge on any atom is 0.0250 e. The number of rotatable bonds is 5. The molecule has 0 heterocycles. The lowest BCUT2D eigenvalue weighted by atomic mass is 10.0. The van der Waals surface area contributed by atoms with Gasteiger partial charge in [0.15, 0.2) is 0 Å². The maximum absolute atomic E-state index is 6.41. The summed E-state index contributed by atoms with van der Waals surface area (Å²) in [5.41, 5.74) is 6.41. The van der Waals surface area contributed by atoms with Crippen molar-refractivity contribution >= 4 is 0 Å². The van der Waals surface area contributed by atoms with Gasteiger partial charge >= 0.3 is 0 Å². The second kappa shape index (κ2) is 6.19. The Morgan fingerprint density at radius 2 is 1.76 bits per heavy atom. The molecule has 2 saturated carbocycles. The molecule has 100 valence electrons. The first-order chi connectivity index (χ1) is 8.18. The Bertz CT molecular complexity index is 223. The van der Waals surface area contributed by atoms with E-state index in [0.29, 0.717) is 12.1 Å². The highest BCUT2D eigenvalue weighted by Gasteiger charge is 2.36. The quantitative estimate of drug-likeness (QED) is 0.746. The van der Waals surface area contributed by atoms with Gasteiger partial charge in [0, 0.05) is 18.1 Å². The molecule has 2 N–H and O–H groups in total. The van der Waals surface area contributed by atoms with E-state index < -0.39 is 0 Å². The Morgan fingerprint density at radius 3 is 2.41 bits per heavy atom. The van der Waals surface area contributed by atoms with Crippen LogP contribution in [0, 0.1) is 5.92 Å². The lowest BCUT2D eigenvalue weighted by Crippen LogP contribution is -2.48. The summed E-state index contributed by atoms with van der Waals surface area (Å²) in [5.74, 6) is 0.818. The number of hydrogen-bond donors (Lipinski definition) is 1. The van der Waals surface area contributed by atoms with Crippen molar-refractivity contribution in [3.8, 4) is 0 Å². The van der Waals surface area contributed by atoms with Crippen molar-refractivity contribution in [1.82, 2.24) is 4.90 Å².